The summed E-state index contributed by atoms with van der Waals surface area (Å²) < 4.78 is 0. The van der Waals surface area contributed by atoms with Gasteiger partial charge < -0.3 is 5.32 Å². The van der Waals surface area contributed by atoms with Gasteiger partial charge in [-0.3, -0.25) is 4.79 Å². The summed E-state index contributed by atoms with van der Waals surface area (Å²) in [4.78, 5) is 11.9. The Bertz CT molecular complexity index is 198. The van der Waals surface area contributed by atoms with Gasteiger partial charge in [-0.05, 0) is 43.1 Å². The molecule has 1 aliphatic carbocycles. The van der Waals surface area contributed by atoms with E-state index in [4.69, 9.17) is 0 Å². The molecule has 3 heteroatoms. The first kappa shape index (κ1) is 12.3. The number of hydrogen-bond donors (Lipinski definition) is 1. The van der Waals surface area contributed by atoms with Gasteiger partial charge in [0.1, 0.15) is 0 Å². The molecule has 1 saturated heterocycles. The zero-order valence-corrected chi connectivity index (χ0v) is 10.9. The summed E-state index contributed by atoms with van der Waals surface area (Å²) in [7, 11) is 0. The van der Waals surface area contributed by atoms with E-state index in [0.717, 1.165) is 6.42 Å². The molecule has 2 aliphatic rings. The fourth-order valence-electron chi connectivity index (χ4n) is 2.75. The highest BCUT2D eigenvalue weighted by atomic mass is 32.2. The maximum absolute atomic E-state index is 11.9. The molecule has 0 atom stereocenters. The van der Waals surface area contributed by atoms with Crippen LogP contribution in [-0.2, 0) is 4.79 Å². The summed E-state index contributed by atoms with van der Waals surface area (Å²) in [5.74, 6) is 3.47. The summed E-state index contributed by atoms with van der Waals surface area (Å²) in [5.41, 5.74) is 0. The Morgan fingerprint density at radius 2 is 1.75 bits per heavy atom. The molecule has 0 aromatic heterocycles. The third kappa shape index (κ3) is 4.00. The van der Waals surface area contributed by atoms with Crippen LogP contribution in [0.25, 0.3) is 0 Å². The van der Waals surface area contributed by atoms with Gasteiger partial charge in [-0.1, -0.05) is 19.3 Å². The Kier molecular flexibility index (Phi) is 5.01. The van der Waals surface area contributed by atoms with Crippen molar-refractivity contribution in [3.8, 4) is 0 Å². The molecule has 0 spiro atoms. The maximum Gasteiger partial charge on any atom is 0.220 e. The van der Waals surface area contributed by atoms with Crippen LogP contribution in [0.4, 0.5) is 0 Å². The minimum absolute atomic E-state index is 0.309. The molecule has 1 heterocycles. The Hall–Kier alpha value is -0.180. The SMILES string of the molecule is O=C(CC1CCSCC1)NC1CCCCC1. The van der Waals surface area contributed by atoms with E-state index < -0.39 is 0 Å². The van der Waals surface area contributed by atoms with Gasteiger partial charge in [0.2, 0.25) is 5.91 Å². The molecule has 0 bridgehead atoms. The van der Waals surface area contributed by atoms with Gasteiger partial charge in [0, 0.05) is 12.5 Å². The molecule has 0 unspecified atom stereocenters. The van der Waals surface area contributed by atoms with E-state index in [0.29, 0.717) is 17.9 Å². The van der Waals surface area contributed by atoms with Crippen molar-refractivity contribution in [2.45, 2.75) is 57.4 Å². The molecule has 1 N–H and O–H groups in total. The van der Waals surface area contributed by atoms with Crippen molar-refractivity contribution in [3.05, 3.63) is 0 Å². The van der Waals surface area contributed by atoms with Crippen LogP contribution in [0.1, 0.15) is 51.4 Å². The number of rotatable bonds is 3. The fraction of sp³-hybridized carbons (Fsp3) is 0.923. The van der Waals surface area contributed by atoms with E-state index in [1.54, 1.807) is 0 Å². The Morgan fingerprint density at radius 1 is 1.06 bits per heavy atom. The average molecular weight is 241 g/mol. The van der Waals surface area contributed by atoms with Gasteiger partial charge in [0.05, 0.1) is 0 Å². The second kappa shape index (κ2) is 6.53. The van der Waals surface area contributed by atoms with Crippen molar-refractivity contribution in [1.29, 1.82) is 0 Å². The topological polar surface area (TPSA) is 29.1 Å². The van der Waals surface area contributed by atoms with E-state index in [9.17, 15) is 4.79 Å². The van der Waals surface area contributed by atoms with Crippen molar-refractivity contribution < 1.29 is 4.79 Å². The standard InChI is InChI=1S/C13H23NOS/c15-13(10-11-6-8-16-9-7-11)14-12-4-2-1-3-5-12/h11-12H,1-10H2,(H,14,15). The number of carbonyl (C=O) groups is 1. The molecule has 2 rings (SSSR count). The third-order valence-electron chi connectivity index (χ3n) is 3.79. The van der Waals surface area contributed by atoms with Gasteiger partial charge in [0.25, 0.3) is 0 Å². The fourth-order valence-corrected chi connectivity index (χ4v) is 3.95. The van der Waals surface area contributed by atoms with Gasteiger partial charge in [-0.15, -0.1) is 0 Å². The maximum atomic E-state index is 11.9. The molecule has 92 valence electrons. The summed E-state index contributed by atoms with van der Waals surface area (Å²) >= 11 is 2.03. The molecular formula is C13H23NOS. The summed E-state index contributed by atoms with van der Waals surface area (Å²) in [6.07, 6.45) is 9.60. The van der Waals surface area contributed by atoms with E-state index >= 15 is 0 Å². The largest absolute Gasteiger partial charge is 0.353 e. The van der Waals surface area contributed by atoms with Gasteiger partial charge in [-0.25, -0.2) is 0 Å². The minimum Gasteiger partial charge on any atom is -0.353 e. The molecule has 1 amide bonds. The Balaban J connectivity index is 1.66. The number of thioether (sulfide) groups is 1. The second-order valence-corrected chi connectivity index (χ2v) is 6.39. The third-order valence-corrected chi connectivity index (χ3v) is 4.83. The van der Waals surface area contributed by atoms with Crippen molar-refractivity contribution in [2.75, 3.05) is 11.5 Å². The lowest BCUT2D eigenvalue weighted by atomic mass is 9.94. The van der Waals surface area contributed by atoms with Crippen LogP contribution in [-0.4, -0.2) is 23.5 Å². The van der Waals surface area contributed by atoms with Crippen LogP contribution < -0.4 is 5.32 Å². The number of amides is 1. The van der Waals surface area contributed by atoms with Crippen molar-refractivity contribution >= 4 is 17.7 Å². The van der Waals surface area contributed by atoms with E-state index in [1.807, 2.05) is 11.8 Å². The lowest BCUT2D eigenvalue weighted by Crippen LogP contribution is -2.37. The molecule has 0 aromatic rings. The summed E-state index contributed by atoms with van der Waals surface area (Å²) in [6, 6.07) is 0.485. The van der Waals surface area contributed by atoms with Crippen LogP contribution in [0.3, 0.4) is 0 Å². The molecule has 1 saturated carbocycles. The molecule has 0 aromatic carbocycles. The van der Waals surface area contributed by atoms with Crippen LogP contribution in [0.5, 0.6) is 0 Å². The number of carbonyl (C=O) groups excluding carboxylic acids is 1. The van der Waals surface area contributed by atoms with Crippen LogP contribution in [0, 0.1) is 5.92 Å². The van der Waals surface area contributed by atoms with Crippen LogP contribution in [0.2, 0.25) is 0 Å². The number of hydrogen-bond acceptors (Lipinski definition) is 2. The zero-order valence-electron chi connectivity index (χ0n) is 10.0. The highest BCUT2D eigenvalue weighted by Crippen LogP contribution is 2.25. The predicted molar refractivity (Wildman–Crippen MR) is 69.7 cm³/mol. The van der Waals surface area contributed by atoms with Gasteiger partial charge >= 0.3 is 0 Å². The highest BCUT2D eigenvalue weighted by Gasteiger charge is 2.20. The van der Waals surface area contributed by atoms with Crippen LogP contribution >= 0.6 is 11.8 Å². The zero-order chi connectivity index (χ0) is 11.2. The monoisotopic (exact) mass is 241 g/mol. The average Bonchev–Trinajstić information content (AvgIpc) is 2.31. The van der Waals surface area contributed by atoms with Crippen molar-refractivity contribution in [2.24, 2.45) is 5.92 Å². The molecular weight excluding hydrogens is 218 g/mol. The molecule has 0 radical (unpaired) electrons. The molecule has 16 heavy (non-hydrogen) atoms. The van der Waals surface area contributed by atoms with Gasteiger partial charge in [-0.2, -0.15) is 11.8 Å². The predicted octanol–water partition coefficient (Wildman–Crippen LogP) is 2.97. The van der Waals surface area contributed by atoms with Crippen molar-refractivity contribution in [1.82, 2.24) is 5.32 Å². The Morgan fingerprint density at radius 3 is 2.44 bits per heavy atom. The first-order valence-electron chi connectivity index (χ1n) is 6.71. The quantitative estimate of drug-likeness (QED) is 0.823. The summed E-state index contributed by atoms with van der Waals surface area (Å²) in [5, 5.41) is 3.22. The van der Waals surface area contributed by atoms with E-state index in [1.165, 1.54) is 56.5 Å². The Labute approximate surface area is 103 Å². The smallest absolute Gasteiger partial charge is 0.220 e. The highest BCUT2D eigenvalue weighted by molar-refractivity contribution is 7.99. The first-order valence-corrected chi connectivity index (χ1v) is 7.87. The molecule has 1 aliphatic heterocycles. The van der Waals surface area contributed by atoms with Gasteiger partial charge in [0.15, 0.2) is 0 Å². The lowest BCUT2D eigenvalue weighted by Gasteiger charge is -2.25. The van der Waals surface area contributed by atoms with Crippen LogP contribution in [0.15, 0.2) is 0 Å². The number of nitrogens with one attached hydrogen (secondary N) is 1. The van der Waals surface area contributed by atoms with Crippen molar-refractivity contribution in [3.63, 3.8) is 0 Å². The first-order chi connectivity index (χ1) is 7.84. The normalized spacial score (nSPS) is 24.2. The molecule has 2 nitrogen and oxygen atoms in total. The minimum atomic E-state index is 0.309. The second-order valence-electron chi connectivity index (χ2n) is 5.16. The molecule has 2 fully saturated rings. The van der Waals surface area contributed by atoms with E-state index in [-0.39, 0.29) is 0 Å². The summed E-state index contributed by atoms with van der Waals surface area (Å²) in [6.45, 7) is 0. The lowest BCUT2D eigenvalue weighted by molar-refractivity contribution is -0.123. The van der Waals surface area contributed by atoms with E-state index in [2.05, 4.69) is 5.32 Å².